The highest BCUT2D eigenvalue weighted by molar-refractivity contribution is 5.52. The second kappa shape index (κ2) is 6.26. The van der Waals surface area contributed by atoms with Crippen LogP contribution in [0, 0.1) is 0 Å². The molecule has 20 heavy (non-hydrogen) atoms. The molecule has 6 heteroatoms. The van der Waals surface area contributed by atoms with Gasteiger partial charge >= 0.3 is 6.18 Å². The average Bonchev–Trinajstić information content (AvgIpc) is 2.65. The van der Waals surface area contributed by atoms with Crippen molar-refractivity contribution in [1.82, 2.24) is 9.80 Å². The number of allylic oxidation sites excluding steroid dienone is 5. The first-order valence-corrected chi connectivity index (χ1v) is 6.56. The summed E-state index contributed by atoms with van der Waals surface area (Å²) < 4.78 is 37.9. The fraction of sp³-hybridized carbons (Fsp3) is 0.500. The van der Waals surface area contributed by atoms with Crippen molar-refractivity contribution in [1.29, 1.82) is 0 Å². The van der Waals surface area contributed by atoms with E-state index in [-0.39, 0.29) is 6.42 Å². The average molecular weight is 286 g/mol. The summed E-state index contributed by atoms with van der Waals surface area (Å²) in [5.74, 6) is 0. The molecule has 1 saturated heterocycles. The molecular weight excluding hydrogens is 269 g/mol. The number of halogens is 3. The van der Waals surface area contributed by atoms with Gasteiger partial charge in [0.1, 0.15) is 6.29 Å². The van der Waals surface area contributed by atoms with E-state index in [1.165, 1.54) is 6.08 Å². The number of hydrogen-bond acceptors (Lipinski definition) is 3. The highest BCUT2D eigenvalue weighted by atomic mass is 19.4. The first-order valence-electron chi connectivity index (χ1n) is 6.56. The summed E-state index contributed by atoms with van der Waals surface area (Å²) in [5, 5.41) is 0. The predicted molar refractivity (Wildman–Crippen MR) is 70.1 cm³/mol. The Morgan fingerprint density at radius 3 is 2.45 bits per heavy atom. The van der Waals surface area contributed by atoms with E-state index in [4.69, 9.17) is 0 Å². The molecule has 0 atom stereocenters. The number of hydrogen-bond donors (Lipinski definition) is 0. The summed E-state index contributed by atoms with van der Waals surface area (Å²) >= 11 is 0. The van der Waals surface area contributed by atoms with Crippen LogP contribution < -0.4 is 0 Å². The normalized spacial score (nSPS) is 21.2. The van der Waals surface area contributed by atoms with Crippen LogP contribution in [0.25, 0.3) is 0 Å². The fourth-order valence-electron chi connectivity index (χ4n) is 2.33. The first kappa shape index (κ1) is 14.8. The van der Waals surface area contributed by atoms with E-state index in [1.807, 2.05) is 9.80 Å². The van der Waals surface area contributed by atoms with Crippen molar-refractivity contribution in [2.75, 3.05) is 32.7 Å². The van der Waals surface area contributed by atoms with Gasteiger partial charge in [0.25, 0.3) is 0 Å². The van der Waals surface area contributed by atoms with Crippen LogP contribution >= 0.6 is 0 Å². The Bertz CT molecular complexity index is 444. The molecule has 0 aromatic carbocycles. The maximum atomic E-state index is 12.6. The number of alkyl halides is 3. The smallest absolute Gasteiger partial charge is 0.369 e. The Kier molecular flexibility index (Phi) is 4.65. The highest BCUT2D eigenvalue weighted by Gasteiger charge is 2.32. The maximum absolute atomic E-state index is 12.6. The molecule has 1 heterocycles. The molecule has 0 spiro atoms. The zero-order chi connectivity index (χ0) is 14.6. The van der Waals surface area contributed by atoms with Gasteiger partial charge in [-0.15, -0.1) is 0 Å². The molecule has 3 nitrogen and oxygen atoms in total. The van der Waals surface area contributed by atoms with E-state index in [0.29, 0.717) is 6.54 Å². The monoisotopic (exact) mass is 286 g/mol. The van der Waals surface area contributed by atoms with E-state index in [0.717, 1.165) is 44.2 Å². The van der Waals surface area contributed by atoms with E-state index in [9.17, 15) is 18.0 Å². The number of rotatable bonds is 3. The number of carbonyl (C=O) groups is 1. The molecule has 0 aromatic heterocycles. The van der Waals surface area contributed by atoms with Gasteiger partial charge in [0, 0.05) is 37.4 Å². The lowest BCUT2D eigenvalue weighted by molar-refractivity contribution is -0.109. The van der Waals surface area contributed by atoms with Crippen LogP contribution in [0.15, 0.2) is 35.6 Å². The van der Waals surface area contributed by atoms with E-state index in [2.05, 4.69) is 0 Å². The number of nitrogens with zero attached hydrogens (tertiary/aromatic N) is 2. The Hall–Kier alpha value is -1.56. The lowest BCUT2D eigenvalue weighted by atomic mass is 10.2. The second-order valence-corrected chi connectivity index (χ2v) is 4.84. The van der Waals surface area contributed by atoms with E-state index < -0.39 is 11.7 Å². The topological polar surface area (TPSA) is 23.6 Å². The van der Waals surface area contributed by atoms with Crippen molar-refractivity contribution in [2.45, 2.75) is 12.6 Å². The van der Waals surface area contributed by atoms with Crippen molar-refractivity contribution in [3.63, 3.8) is 0 Å². The van der Waals surface area contributed by atoms with Crippen molar-refractivity contribution in [3.8, 4) is 0 Å². The molecule has 1 fully saturated rings. The molecular formula is C14H17F3N2O. The number of carbonyl (C=O) groups excluding carboxylic acids is 1. The van der Waals surface area contributed by atoms with Gasteiger partial charge in [0.2, 0.25) is 0 Å². The zero-order valence-corrected chi connectivity index (χ0v) is 11.1. The molecule has 0 amide bonds. The van der Waals surface area contributed by atoms with Gasteiger partial charge in [-0.25, -0.2) is 0 Å². The Morgan fingerprint density at radius 2 is 1.85 bits per heavy atom. The number of piperazine rings is 1. The third-order valence-electron chi connectivity index (χ3n) is 3.52. The molecule has 0 aromatic rings. The minimum Gasteiger partial charge on any atom is -0.369 e. The largest absolute Gasteiger partial charge is 0.412 e. The van der Waals surface area contributed by atoms with E-state index >= 15 is 0 Å². The van der Waals surface area contributed by atoms with Gasteiger partial charge < -0.3 is 9.69 Å². The van der Waals surface area contributed by atoms with Crippen molar-refractivity contribution >= 4 is 6.29 Å². The van der Waals surface area contributed by atoms with E-state index in [1.54, 1.807) is 12.2 Å². The van der Waals surface area contributed by atoms with Crippen molar-refractivity contribution in [2.24, 2.45) is 0 Å². The van der Waals surface area contributed by atoms with Gasteiger partial charge in [-0.3, -0.25) is 4.90 Å². The minimum absolute atomic E-state index is 0.0887. The second-order valence-electron chi connectivity index (χ2n) is 4.84. The Balaban J connectivity index is 2.01. The van der Waals surface area contributed by atoms with Crippen LogP contribution in [0.2, 0.25) is 0 Å². The van der Waals surface area contributed by atoms with Crippen molar-refractivity contribution in [3.05, 3.63) is 35.6 Å². The third kappa shape index (κ3) is 3.72. The lowest BCUT2D eigenvalue weighted by Gasteiger charge is -2.35. The Morgan fingerprint density at radius 1 is 1.15 bits per heavy atom. The maximum Gasteiger partial charge on any atom is 0.412 e. The molecule has 0 radical (unpaired) electrons. The molecule has 1 aliphatic heterocycles. The SMILES string of the molecule is O=CCN1CCN(C2=CC=C(C(F)(F)F)CC=C2)CC1. The van der Waals surface area contributed by atoms with Gasteiger partial charge in [-0.2, -0.15) is 13.2 Å². The summed E-state index contributed by atoms with van der Waals surface area (Å²) in [6, 6.07) is 0. The zero-order valence-electron chi connectivity index (χ0n) is 11.1. The summed E-state index contributed by atoms with van der Waals surface area (Å²) in [6.07, 6.45) is 2.50. The van der Waals surface area contributed by atoms with Gasteiger partial charge in [-0.1, -0.05) is 12.2 Å². The summed E-state index contributed by atoms with van der Waals surface area (Å²) in [5.41, 5.74) is 0.276. The fourth-order valence-corrected chi connectivity index (χ4v) is 2.33. The molecule has 1 aliphatic carbocycles. The van der Waals surface area contributed by atoms with Gasteiger partial charge in [0.05, 0.1) is 6.54 Å². The lowest BCUT2D eigenvalue weighted by Crippen LogP contribution is -2.46. The molecule has 0 unspecified atom stereocenters. The van der Waals surface area contributed by atoms with Crippen LogP contribution in [-0.4, -0.2) is 55.0 Å². The Labute approximate surface area is 116 Å². The minimum atomic E-state index is -4.26. The van der Waals surface area contributed by atoms with Crippen LogP contribution in [0.4, 0.5) is 13.2 Å². The van der Waals surface area contributed by atoms with Crippen LogP contribution in [0.3, 0.4) is 0 Å². The molecule has 0 saturated carbocycles. The first-order chi connectivity index (χ1) is 9.50. The standard InChI is InChI=1S/C14H17F3N2O/c15-14(16,17)12-2-1-3-13(5-4-12)19-8-6-18(7-9-19)10-11-20/h1,3-5,11H,2,6-10H2. The quantitative estimate of drug-likeness (QED) is 0.743. The van der Waals surface area contributed by atoms with Crippen LogP contribution in [0.1, 0.15) is 6.42 Å². The molecule has 2 aliphatic rings. The summed E-state index contributed by atoms with van der Waals surface area (Å²) in [7, 11) is 0. The third-order valence-corrected chi connectivity index (χ3v) is 3.52. The molecule has 110 valence electrons. The predicted octanol–water partition coefficient (Wildman–Crippen LogP) is 2.14. The molecule has 0 bridgehead atoms. The van der Waals surface area contributed by atoms with Gasteiger partial charge in [0.15, 0.2) is 0 Å². The van der Waals surface area contributed by atoms with Gasteiger partial charge in [-0.05, 0) is 18.6 Å². The van der Waals surface area contributed by atoms with Crippen molar-refractivity contribution < 1.29 is 18.0 Å². The van der Waals surface area contributed by atoms with Crippen LogP contribution in [0.5, 0.6) is 0 Å². The summed E-state index contributed by atoms with van der Waals surface area (Å²) in [4.78, 5) is 14.5. The number of aldehydes is 1. The molecule has 2 rings (SSSR count). The highest BCUT2D eigenvalue weighted by Crippen LogP contribution is 2.30. The van der Waals surface area contributed by atoms with Crippen LogP contribution in [-0.2, 0) is 4.79 Å². The molecule has 0 N–H and O–H groups in total. The summed E-state index contributed by atoms with van der Waals surface area (Å²) in [6.45, 7) is 3.36.